The Kier molecular flexibility index (Phi) is 4.90. The van der Waals surface area contributed by atoms with E-state index in [4.69, 9.17) is 11.0 Å². The monoisotopic (exact) mass is 331 g/mol. The van der Waals surface area contributed by atoms with E-state index in [9.17, 15) is 20.2 Å². The van der Waals surface area contributed by atoms with Crippen LogP contribution in [0, 0.1) is 31.6 Å². The molecule has 24 heavy (non-hydrogen) atoms. The summed E-state index contributed by atoms with van der Waals surface area (Å²) in [5, 5.41) is 39.9. The van der Waals surface area contributed by atoms with Crippen molar-refractivity contribution < 1.29 is 9.85 Å². The number of nitro benzene ring substituents is 2. The first-order valence-electron chi connectivity index (χ1n) is 6.83. The van der Waals surface area contributed by atoms with E-state index >= 15 is 0 Å². The lowest BCUT2D eigenvalue weighted by Gasteiger charge is -2.06. The Balaban J connectivity index is 2.00. The second kappa shape index (κ2) is 7.05. The molecule has 11 nitrogen and oxygen atoms in total. The SMILES string of the molecule is N#Cc1c(N)n[nH]c1CCCNc1ccc([N+](=O)[O-])cc1[N+](=O)[O-]. The molecule has 2 aromatic rings. The summed E-state index contributed by atoms with van der Waals surface area (Å²) in [5.74, 6) is 0.131. The number of H-pyrrole nitrogens is 1. The fraction of sp³-hybridized carbons (Fsp3) is 0.231. The Morgan fingerprint density at radius 1 is 1.33 bits per heavy atom. The number of anilines is 2. The Hall–Kier alpha value is -3.68. The lowest BCUT2D eigenvalue weighted by Crippen LogP contribution is -2.06. The zero-order chi connectivity index (χ0) is 17.7. The van der Waals surface area contributed by atoms with Crippen molar-refractivity contribution in [3.8, 4) is 6.07 Å². The Labute approximate surface area is 135 Å². The predicted molar refractivity (Wildman–Crippen MR) is 84.3 cm³/mol. The summed E-state index contributed by atoms with van der Waals surface area (Å²) in [6.07, 6.45) is 1.02. The molecule has 0 bridgehead atoms. The van der Waals surface area contributed by atoms with Crippen molar-refractivity contribution in [2.75, 3.05) is 17.6 Å². The predicted octanol–water partition coefficient (Wildman–Crippen LogP) is 1.72. The molecule has 0 aliphatic rings. The average Bonchev–Trinajstić information content (AvgIpc) is 2.91. The summed E-state index contributed by atoms with van der Waals surface area (Å²) < 4.78 is 0. The molecule has 0 spiro atoms. The van der Waals surface area contributed by atoms with Gasteiger partial charge in [0.15, 0.2) is 5.82 Å². The van der Waals surface area contributed by atoms with Gasteiger partial charge < -0.3 is 11.1 Å². The number of non-ortho nitro benzene ring substituents is 1. The summed E-state index contributed by atoms with van der Waals surface area (Å²) in [5.41, 5.74) is 5.88. The van der Waals surface area contributed by atoms with Gasteiger partial charge >= 0.3 is 0 Å². The second-order valence-electron chi connectivity index (χ2n) is 4.82. The van der Waals surface area contributed by atoms with Gasteiger partial charge in [0.25, 0.3) is 11.4 Å². The fourth-order valence-corrected chi connectivity index (χ4v) is 2.12. The van der Waals surface area contributed by atoms with Gasteiger partial charge in [-0.15, -0.1) is 0 Å². The number of nitrogens with one attached hydrogen (secondary N) is 2. The molecule has 0 aliphatic carbocycles. The molecule has 0 radical (unpaired) electrons. The Morgan fingerprint density at radius 3 is 2.71 bits per heavy atom. The van der Waals surface area contributed by atoms with Crippen LogP contribution in [0.3, 0.4) is 0 Å². The van der Waals surface area contributed by atoms with Gasteiger partial charge in [0.05, 0.1) is 21.6 Å². The maximum atomic E-state index is 11.0. The van der Waals surface area contributed by atoms with Crippen molar-refractivity contribution in [2.24, 2.45) is 0 Å². The van der Waals surface area contributed by atoms with E-state index in [-0.39, 0.29) is 28.4 Å². The van der Waals surface area contributed by atoms with Gasteiger partial charge in [0.2, 0.25) is 0 Å². The van der Waals surface area contributed by atoms with E-state index in [1.807, 2.05) is 6.07 Å². The Bertz CT molecular complexity index is 824. The molecule has 1 aromatic carbocycles. The van der Waals surface area contributed by atoms with Gasteiger partial charge in [-0.3, -0.25) is 25.3 Å². The van der Waals surface area contributed by atoms with Crippen LogP contribution in [0.1, 0.15) is 17.7 Å². The van der Waals surface area contributed by atoms with Crippen molar-refractivity contribution in [3.05, 3.63) is 49.7 Å². The van der Waals surface area contributed by atoms with E-state index in [2.05, 4.69) is 15.5 Å². The average molecular weight is 331 g/mol. The third-order valence-corrected chi connectivity index (χ3v) is 3.29. The van der Waals surface area contributed by atoms with Crippen LogP contribution in [0.25, 0.3) is 0 Å². The number of benzene rings is 1. The normalized spacial score (nSPS) is 10.1. The topological polar surface area (TPSA) is 177 Å². The molecule has 11 heteroatoms. The van der Waals surface area contributed by atoms with Gasteiger partial charge in [0.1, 0.15) is 17.3 Å². The summed E-state index contributed by atoms with van der Waals surface area (Å²) in [7, 11) is 0. The third kappa shape index (κ3) is 3.55. The molecule has 1 heterocycles. The molecule has 0 saturated heterocycles. The molecule has 4 N–H and O–H groups in total. The van der Waals surface area contributed by atoms with Crippen LogP contribution >= 0.6 is 0 Å². The summed E-state index contributed by atoms with van der Waals surface area (Å²) in [4.78, 5) is 20.3. The number of aromatic nitrogens is 2. The van der Waals surface area contributed by atoms with Crippen LogP contribution in [-0.4, -0.2) is 26.6 Å². The molecule has 0 atom stereocenters. The van der Waals surface area contributed by atoms with Crippen LogP contribution in [0.2, 0.25) is 0 Å². The van der Waals surface area contributed by atoms with Crippen LogP contribution in [-0.2, 0) is 6.42 Å². The van der Waals surface area contributed by atoms with Crippen LogP contribution in [0.4, 0.5) is 22.9 Å². The molecular weight excluding hydrogens is 318 g/mol. The highest BCUT2D eigenvalue weighted by molar-refractivity contribution is 5.65. The quantitative estimate of drug-likeness (QED) is 0.390. The number of rotatable bonds is 7. The summed E-state index contributed by atoms with van der Waals surface area (Å²) >= 11 is 0. The zero-order valence-electron chi connectivity index (χ0n) is 12.4. The second-order valence-corrected chi connectivity index (χ2v) is 4.82. The number of hydrogen-bond acceptors (Lipinski definition) is 8. The summed E-state index contributed by atoms with van der Waals surface area (Å²) in [6.45, 7) is 0.364. The van der Waals surface area contributed by atoms with Gasteiger partial charge in [-0.05, 0) is 18.9 Å². The van der Waals surface area contributed by atoms with Gasteiger partial charge in [-0.25, -0.2) is 0 Å². The van der Waals surface area contributed by atoms with Gasteiger partial charge in [0, 0.05) is 12.6 Å². The van der Waals surface area contributed by atoms with Crippen LogP contribution < -0.4 is 11.1 Å². The lowest BCUT2D eigenvalue weighted by atomic mass is 10.1. The van der Waals surface area contributed by atoms with Gasteiger partial charge in [-0.1, -0.05) is 0 Å². The minimum Gasteiger partial charge on any atom is -0.381 e. The zero-order valence-corrected chi connectivity index (χ0v) is 12.4. The van der Waals surface area contributed by atoms with E-state index < -0.39 is 9.85 Å². The standard InChI is InChI=1S/C13H13N7O4/c14-7-9-10(17-18-13(9)15)2-1-5-16-11-4-3-8(19(21)22)6-12(11)20(23)24/h3-4,6,16H,1-2,5H2,(H3,15,17,18). The third-order valence-electron chi connectivity index (χ3n) is 3.29. The number of nitrogens with zero attached hydrogens (tertiary/aromatic N) is 4. The van der Waals surface area contributed by atoms with E-state index in [1.54, 1.807) is 0 Å². The minimum absolute atomic E-state index is 0.131. The van der Waals surface area contributed by atoms with Crippen molar-refractivity contribution in [3.63, 3.8) is 0 Å². The molecule has 0 saturated carbocycles. The van der Waals surface area contributed by atoms with Crippen molar-refractivity contribution in [1.82, 2.24) is 10.2 Å². The number of aryl methyl sites for hydroxylation is 1. The smallest absolute Gasteiger partial charge is 0.299 e. The lowest BCUT2D eigenvalue weighted by molar-refractivity contribution is -0.393. The molecule has 2 rings (SSSR count). The van der Waals surface area contributed by atoms with Crippen molar-refractivity contribution in [2.45, 2.75) is 12.8 Å². The number of hydrogen-bond donors (Lipinski definition) is 3. The van der Waals surface area contributed by atoms with Gasteiger partial charge in [-0.2, -0.15) is 10.4 Å². The fourth-order valence-electron chi connectivity index (χ4n) is 2.12. The number of nitrogens with two attached hydrogens (primary N) is 1. The largest absolute Gasteiger partial charge is 0.381 e. The maximum absolute atomic E-state index is 11.0. The number of aromatic amines is 1. The molecule has 0 fully saturated rings. The molecule has 0 unspecified atom stereocenters. The van der Waals surface area contributed by atoms with Crippen LogP contribution in [0.15, 0.2) is 18.2 Å². The number of nitrogen functional groups attached to an aromatic ring is 1. The van der Waals surface area contributed by atoms with E-state index in [1.165, 1.54) is 12.1 Å². The minimum atomic E-state index is -0.692. The van der Waals surface area contributed by atoms with E-state index in [0.717, 1.165) is 6.07 Å². The van der Waals surface area contributed by atoms with Crippen molar-refractivity contribution in [1.29, 1.82) is 5.26 Å². The first-order chi connectivity index (χ1) is 11.4. The van der Waals surface area contributed by atoms with E-state index in [0.29, 0.717) is 25.1 Å². The first-order valence-corrected chi connectivity index (χ1v) is 6.83. The van der Waals surface area contributed by atoms with Crippen molar-refractivity contribution >= 4 is 22.9 Å². The highest BCUT2D eigenvalue weighted by Crippen LogP contribution is 2.28. The highest BCUT2D eigenvalue weighted by atomic mass is 16.6. The Morgan fingerprint density at radius 2 is 2.08 bits per heavy atom. The number of nitriles is 1. The molecular formula is C13H13N7O4. The van der Waals surface area contributed by atoms with Crippen LogP contribution in [0.5, 0.6) is 0 Å². The molecule has 1 aromatic heterocycles. The first kappa shape index (κ1) is 16.7. The number of nitro groups is 2. The summed E-state index contributed by atoms with van der Waals surface area (Å²) in [6, 6.07) is 5.35. The maximum Gasteiger partial charge on any atom is 0.299 e. The highest BCUT2D eigenvalue weighted by Gasteiger charge is 2.19. The molecule has 0 aliphatic heterocycles. The molecule has 124 valence electrons. The molecule has 0 amide bonds.